The van der Waals surface area contributed by atoms with Crippen LogP contribution in [0, 0.1) is 6.92 Å². The standard InChI is InChI=1S/C13H14N2O2S/c1-3-17-13(16)15-14-8-12-9(2)10-6-4-5-7-11(10)18-12/h4-8H,3H2,1-2H3,(H,15,16)/b14-8+. The Morgan fingerprint density at radius 2 is 2.28 bits per heavy atom. The van der Waals surface area contributed by atoms with Crippen molar-refractivity contribution in [3.05, 3.63) is 34.7 Å². The molecule has 2 aromatic rings. The van der Waals surface area contributed by atoms with Crippen LogP contribution in [0.25, 0.3) is 10.1 Å². The first-order valence-electron chi connectivity index (χ1n) is 5.66. The summed E-state index contributed by atoms with van der Waals surface area (Å²) in [6, 6.07) is 8.18. The smallest absolute Gasteiger partial charge is 0.427 e. The van der Waals surface area contributed by atoms with Gasteiger partial charge in [0.2, 0.25) is 0 Å². The van der Waals surface area contributed by atoms with Gasteiger partial charge in [0.05, 0.1) is 17.7 Å². The van der Waals surface area contributed by atoms with Crippen LogP contribution in [0.5, 0.6) is 0 Å². The fraction of sp³-hybridized carbons (Fsp3) is 0.231. The molecule has 0 aliphatic rings. The topological polar surface area (TPSA) is 50.7 Å². The highest BCUT2D eigenvalue weighted by molar-refractivity contribution is 7.20. The Morgan fingerprint density at radius 1 is 1.50 bits per heavy atom. The lowest BCUT2D eigenvalue weighted by atomic mass is 10.1. The number of thiophene rings is 1. The number of benzene rings is 1. The molecule has 0 spiro atoms. The van der Waals surface area contributed by atoms with Gasteiger partial charge in [0.25, 0.3) is 0 Å². The number of nitrogens with one attached hydrogen (secondary N) is 1. The quantitative estimate of drug-likeness (QED) is 0.681. The van der Waals surface area contributed by atoms with E-state index in [1.165, 1.54) is 15.6 Å². The van der Waals surface area contributed by atoms with Crippen LogP contribution in [0.3, 0.4) is 0 Å². The van der Waals surface area contributed by atoms with Crippen LogP contribution in [0.2, 0.25) is 0 Å². The number of amides is 1. The molecular formula is C13H14N2O2S. The Labute approximate surface area is 109 Å². The first kappa shape index (κ1) is 12.6. The van der Waals surface area contributed by atoms with E-state index < -0.39 is 6.09 Å². The van der Waals surface area contributed by atoms with E-state index in [4.69, 9.17) is 4.74 Å². The summed E-state index contributed by atoms with van der Waals surface area (Å²) >= 11 is 1.65. The van der Waals surface area contributed by atoms with E-state index in [1.807, 2.05) is 19.1 Å². The van der Waals surface area contributed by atoms with Crippen LogP contribution in [-0.2, 0) is 4.74 Å². The predicted molar refractivity (Wildman–Crippen MR) is 74.3 cm³/mol. The molecule has 1 heterocycles. The molecule has 0 atom stereocenters. The lowest BCUT2D eigenvalue weighted by Crippen LogP contribution is -2.18. The third kappa shape index (κ3) is 2.68. The predicted octanol–water partition coefficient (Wildman–Crippen LogP) is 3.29. The summed E-state index contributed by atoms with van der Waals surface area (Å²) in [5.41, 5.74) is 3.49. The number of carbonyl (C=O) groups excluding carboxylic acids is 1. The van der Waals surface area contributed by atoms with Crippen molar-refractivity contribution in [3.63, 3.8) is 0 Å². The Kier molecular flexibility index (Phi) is 3.94. The molecule has 4 nitrogen and oxygen atoms in total. The van der Waals surface area contributed by atoms with E-state index in [2.05, 4.69) is 22.7 Å². The highest BCUT2D eigenvalue weighted by Gasteiger charge is 2.05. The van der Waals surface area contributed by atoms with Gasteiger partial charge in [-0.1, -0.05) is 18.2 Å². The lowest BCUT2D eigenvalue weighted by Gasteiger charge is -1.98. The zero-order valence-corrected chi connectivity index (χ0v) is 11.1. The molecule has 0 aliphatic carbocycles. The number of fused-ring (bicyclic) bond motifs is 1. The number of hydrogen-bond donors (Lipinski definition) is 1. The zero-order chi connectivity index (χ0) is 13.0. The second-order valence-corrected chi connectivity index (χ2v) is 4.76. The molecule has 0 saturated heterocycles. The molecule has 0 radical (unpaired) electrons. The van der Waals surface area contributed by atoms with E-state index in [9.17, 15) is 4.79 Å². The molecule has 0 saturated carbocycles. The molecule has 18 heavy (non-hydrogen) atoms. The fourth-order valence-corrected chi connectivity index (χ4v) is 2.71. The number of rotatable bonds is 3. The monoisotopic (exact) mass is 262 g/mol. The number of ether oxygens (including phenoxy) is 1. The van der Waals surface area contributed by atoms with Crippen molar-refractivity contribution in [2.45, 2.75) is 13.8 Å². The van der Waals surface area contributed by atoms with Crippen molar-refractivity contribution in [3.8, 4) is 0 Å². The molecule has 1 aromatic heterocycles. The Morgan fingerprint density at radius 3 is 3.00 bits per heavy atom. The lowest BCUT2D eigenvalue weighted by molar-refractivity contribution is 0.152. The molecule has 0 aliphatic heterocycles. The van der Waals surface area contributed by atoms with Crippen molar-refractivity contribution in [1.82, 2.24) is 5.43 Å². The first-order chi connectivity index (χ1) is 8.72. The average molecular weight is 262 g/mol. The van der Waals surface area contributed by atoms with Gasteiger partial charge in [-0.3, -0.25) is 0 Å². The van der Waals surface area contributed by atoms with Gasteiger partial charge in [-0.25, -0.2) is 10.2 Å². The molecule has 94 valence electrons. The maximum absolute atomic E-state index is 11.0. The third-order valence-corrected chi connectivity index (χ3v) is 3.70. The van der Waals surface area contributed by atoms with Crippen molar-refractivity contribution in [2.75, 3.05) is 6.61 Å². The second-order valence-electron chi connectivity index (χ2n) is 3.68. The Balaban J connectivity index is 2.14. The van der Waals surface area contributed by atoms with Gasteiger partial charge >= 0.3 is 6.09 Å². The maximum Gasteiger partial charge on any atom is 0.427 e. The number of aryl methyl sites for hydroxylation is 1. The summed E-state index contributed by atoms with van der Waals surface area (Å²) in [4.78, 5) is 12.1. The van der Waals surface area contributed by atoms with Gasteiger partial charge in [-0.2, -0.15) is 5.10 Å². The van der Waals surface area contributed by atoms with Gasteiger partial charge in [-0.05, 0) is 30.9 Å². The molecule has 1 aromatic carbocycles. The van der Waals surface area contributed by atoms with E-state index in [1.54, 1.807) is 24.5 Å². The van der Waals surface area contributed by atoms with Crippen LogP contribution in [0.4, 0.5) is 4.79 Å². The van der Waals surface area contributed by atoms with E-state index in [-0.39, 0.29) is 0 Å². The molecule has 1 N–H and O–H groups in total. The van der Waals surface area contributed by atoms with Gasteiger partial charge in [-0.15, -0.1) is 11.3 Å². The minimum atomic E-state index is -0.535. The van der Waals surface area contributed by atoms with Crippen LogP contribution in [0.1, 0.15) is 17.4 Å². The Bertz CT molecular complexity index is 590. The minimum absolute atomic E-state index is 0.337. The van der Waals surface area contributed by atoms with Gasteiger partial charge in [0, 0.05) is 4.70 Å². The maximum atomic E-state index is 11.0. The second kappa shape index (κ2) is 5.64. The number of hydrogen-bond acceptors (Lipinski definition) is 4. The SMILES string of the molecule is CCOC(=O)N/N=C/c1sc2ccccc2c1C. The summed E-state index contributed by atoms with van der Waals surface area (Å²) in [6.45, 7) is 4.13. The van der Waals surface area contributed by atoms with Crippen molar-refractivity contribution < 1.29 is 9.53 Å². The first-order valence-corrected chi connectivity index (χ1v) is 6.48. The average Bonchev–Trinajstić information content (AvgIpc) is 2.68. The van der Waals surface area contributed by atoms with E-state index >= 15 is 0 Å². The van der Waals surface area contributed by atoms with Crippen molar-refractivity contribution in [1.29, 1.82) is 0 Å². The summed E-state index contributed by atoms with van der Waals surface area (Å²) < 4.78 is 5.92. The zero-order valence-electron chi connectivity index (χ0n) is 10.3. The molecule has 2 rings (SSSR count). The summed E-state index contributed by atoms with van der Waals surface area (Å²) in [6.07, 6.45) is 1.12. The van der Waals surface area contributed by atoms with E-state index in [0.717, 1.165) is 4.88 Å². The molecule has 0 bridgehead atoms. The largest absolute Gasteiger partial charge is 0.449 e. The third-order valence-electron chi connectivity index (χ3n) is 2.49. The van der Waals surface area contributed by atoms with Gasteiger partial charge in [0.15, 0.2) is 0 Å². The number of nitrogens with zero attached hydrogens (tertiary/aromatic N) is 1. The van der Waals surface area contributed by atoms with Crippen molar-refractivity contribution in [2.24, 2.45) is 5.10 Å². The summed E-state index contributed by atoms with van der Waals surface area (Å²) in [5.74, 6) is 0. The Hall–Kier alpha value is -1.88. The number of hydrazone groups is 1. The highest BCUT2D eigenvalue weighted by atomic mass is 32.1. The molecular weight excluding hydrogens is 248 g/mol. The van der Waals surface area contributed by atoms with Gasteiger partial charge < -0.3 is 4.74 Å². The van der Waals surface area contributed by atoms with Crippen LogP contribution >= 0.6 is 11.3 Å². The van der Waals surface area contributed by atoms with Gasteiger partial charge in [0.1, 0.15) is 0 Å². The van der Waals surface area contributed by atoms with Crippen molar-refractivity contribution >= 4 is 33.7 Å². The van der Waals surface area contributed by atoms with Crippen LogP contribution < -0.4 is 5.43 Å². The normalized spacial score (nSPS) is 11.0. The van der Waals surface area contributed by atoms with Crippen LogP contribution in [0.15, 0.2) is 29.4 Å². The molecule has 0 unspecified atom stereocenters. The van der Waals surface area contributed by atoms with Crippen LogP contribution in [-0.4, -0.2) is 18.9 Å². The van der Waals surface area contributed by atoms with E-state index in [0.29, 0.717) is 6.61 Å². The molecule has 5 heteroatoms. The molecule has 1 amide bonds. The summed E-state index contributed by atoms with van der Waals surface area (Å²) in [7, 11) is 0. The minimum Gasteiger partial charge on any atom is -0.449 e. The summed E-state index contributed by atoms with van der Waals surface area (Å²) in [5, 5.41) is 5.10. The molecule has 0 fully saturated rings. The fourth-order valence-electron chi connectivity index (χ4n) is 1.62. The highest BCUT2D eigenvalue weighted by Crippen LogP contribution is 2.29. The number of carbonyl (C=O) groups is 1.